The standard InChI is InChI=1S/C11H14ClN/c1-8-6-10(12)3-2-9(8)7-13-11-4-5-11/h2-3,6,11,13H,4-5,7H2,1H3. The minimum absolute atomic E-state index is 0.773. The second-order valence-corrected chi connectivity index (χ2v) is 4.16. The first-order valence-corrected chi connectivity index (χ1v) is 5.12. The molecule has 0 atom stereocenters. The van der Waals surface area contributed by atoms with Crippen LogP contribution in [-0.4, -0.2) is 6.04 Å². The average Bonchev–Trinajstić information content (AvgIpc) is 2.86. The minimum Gasteiger partial charge on any atom is -0.310 e. The summed E-state index contributed by atoms with van der Waals surface area (Å²) in [4.78, 5) is 0. The fourth-order valence-electron chi connectivity index (χ4n) is 1.40. The molecule has 1 aromatic rings. The lowest BCUT2D eigenvalue weighted by atomic mass is 10.1. The van der Waals surface area contributed by atoms with Crippen LogP contribution in [0, 0.1) is 6.92 Å². The monoisotopic (exact) mass is 195 g/mol. The third kappa shape index (κ3) is 2.45. The van der Waals surface area contributed by atoms with Gasteiger partial charge in [-0.15, -0.1) is 0 Å². The van der Waals surface area contributed by atoms with Gasteiger partial charge < -0.3 is 5.32 Å². The molecule has 0 unspecified atom stereocenters. The van der Waals surface area contributed by atoms with Gasteiger partial charge in [0.05, 0.1) is 0 Å². The Hall–Kier alpha value is -0.530. The van der Waals surface area contributed by atoms with E-state index >= 15 is 0 Å². The second-order valence-electron chi connectivity index (χ2n) is 3.73. The van der Waals surface area contributed by atoms with Crippen LogP contribution in [0.3, 0.4) is 0 Å². The summed E-state index contributed by atoms with van der Waals surface area (Å²) in [5.74, 6) is 0. The minimum atomic E-state index is 0.773. The van der Waals surface area contributed by atoms with E-state index < -0.39 is 0 Å². The Balaban J connectivity index is 2.01. The molecule has 1 fully saturated rings. The predicted octanol–water partition coefficient (Wildman–Crippen LogP) is 2.90. The Morgan fingerprint density at radius 1 is 1.46 bits per heavy atom. The lowest BCUT2D eigenvalue weighted by Gasteiger charge is -2.06. The van der Waals surface area contributed by atoms with Crippen molar-refractivity contribution < 1.29 is 0 Å². The summed E-state index contributed by atoms with van der Waals surface area (Å²) in [5, 5.41) is 4.32. The van der Waals surface area contributed by atoms with Crippen LogP contribution in [0.2, 0.25) is 5.02 Å². The molecule has 1 N–H and O–H groups in total. The number of halogens is 1. The van der Waals surface area contributed by atoms with Gasteiger partial charge in [0.1, 0.15) is 0 Å². The fraction of sp³-hybridized carbons (Fsp3) is 0.455. The molecule has 0 spiro atoms. The average molecular weight is 196 g/mol. The van der Waals surface area contributed by atoms with Gasteiger partial charge in [0, 0.05) is 17.6 Å². The van der Waals surface area contributed by atoms with Crippen molar-refractivity contribution in [1.82, 2.24) is 5.32 Å². The Labute approximate surface area is 84.1 Å². The first-order chi connectivity index (χ1) is 6.25. The third-order valence-corrected chi connectivity index (χ3v) is 2.70. The van der Waals surface area contributed by atoms with Crippen LogP contribution >= 0.6 is 11.6 Å². The largest absolute Gasteiger partial charge is 0.310 e. The molecule has 0 heterocycles. The first-order valence-electron chi connectivity index (χ1n) is 4.74. The molecule has 0 bridgehead atoms. The van der Waals surface area contributed by atoms with Crippen molar-refractivity contribution in [3.8, 4) is 0 Å². The van der Waals surface area contributed by atoms with E-state index in [0.717, 1.165) is 17.6 Å². The van der Waals surface area contributed by atoms with Crippen LogP contribution < -0.4 is 5.32 Å². The number of rotatable bonds is 3. The second kappa shape index (κ2) is 3.69. The van der Waals surface area contributed by atoms with Gasteiger partial charge in [0.25, 0.3) is 0 Å². The zero-order chi connectivity index (χ0) is 9.26. The van der Waals surface area contributed by atoms with Crippen molar-refractivity contribution in [2.75, 3.05) is 0 Å². The molecule has 0 radical (unpaired) electrons. The van der Waals surface area contributed by atoms with Gasteiger partial charge in [-0.25, -0.2) is 0 Å². The zero-order valence-electron chi connectivity index (χ0n) is 7.81. The number of nitrogens with one attached hydrogen (secondary N) is 1. The van der Waals surface area contributed by atoms with Crippen LogP contribution in [0.5, 0.6) is 0 Å². The number of hydrogen-bond donors (Lipinski definition) is 1. The molecule has 2 rings (SSSR count). The van der Waals surface area contributed by atoms with Gasteiger partial charge in [0.15, 0.2) is 0 Å². The number of aryl methyl sites for hydroxylation is 1. The van der Waals surface area contributed by atoms with Gasteiger partial charge in [-0.1, -0.05) is 17.7 Å². The SMILES string of the molecule is Cc1cc(Cl)ccc1CNC1CC1. The molecule has 70 valence electrons. The van der Waals surface area contributed by atoms with Crippen molar-refractivity contribution >= 4 is 11.6 Å². The molecule has 0 saturated heterocycles. The fourth-order valence-corrected chi connectivity index (χ4v) is 1.63. The molecule has 1 saturated carbocycles. The maximum Gasteiger partial charge on any atom is 0.0408 e. The van der Waals surface area contributed by atoms with E-state index in [4.69, 9.17) is 11.6 Å². The molecule has 1 aliphatic rings. The molecule has 13 heavy (non-hydrogen) atoms. The molecule has 0 amide bonds. The lowest BCUT2D eigenvalue weighted by molar-refractivity contribution is 0.685. The molecular formula is C11H14ClN. The van der Waals surface area contributed by atoms with Gasteiger partial charge in [-0.2, -0.15) is 0 Å². The molecule has 0 aliphatic heterocycles. The Morgan fingerprint density at radius 3 is 2.85 bits per heavy atom. The van der Waals surface area contributed by atoms with E-state index in [-0.39, 0.29) is 0 Å². The maximum atomic E-state index is 5.87. The van der Waals surface area contributed by atoms with Crippen LogP contribution in [0.4, 0.5) is 0 Å². The molecule has 1 aromatic carbocycles. The van der Waals surface area contributed by atoms with Crippen molar-refractivity contribution in [1.29, 1.82) is 0 Å². The molecule has 0 aromatic heterocycles. The van der Waals surface area contributed by atoms with Crippen molar-refractivity contribution in [3.05, 3.63) is 34.3 Å². The Morgan fingerprint density at radius 2 is 2.23 bits per heavy atom. The molecule has 1 nitrogen and oxygen atoms in total. The van der Waals surface area contributed by atoms with E-state index in [0.29, 0.717) is 0 Å². The third-order valence-electron chi connectivity index (χ3n) is 2.46. The highest BCUT2D eigenvalue weighted by molar-refractivity contribution is 6.30. The summed E-state index contributed by atoms with van der Waals surface area (Å²) in [6.45, 7) is 3.09. The van der Waals surface area contributed by atoms with Gasteiger partial charge in [0.2, 0.25) is 0 Å². The van der Waals surface area contributed by atoms with E-state index in [9.17, 15) is 0 Å². The summed E-state index contributed by atoms with van der Waals surface area (Å²) in [5.41, 5.74) is 2.64. The highest BCUT2D eigenvalue weighted by Crippen LogP contribution is 2.20. The van der Waals surface area contributed by atoms with Crippen LogP contribution in [0.15, 0.2) is 18.2 Å². The normalized spacial score (nSPS) is 16.2. The number of benzene rings is 1. The van der Waals surface area contributed by atoms with Crippen molar-refractivity contribution in [3.63, 3.8) is 0 Å². The smallest absolute Gasteiger partial charge is 0.0408 e. The number of hydrogen-bond acceptors (Lipinski definition) is 1. The molecule has 1 aliphatic carbocycles. The van der Waals surface area contributed by atoms with Crippen molar-refractivity contribution in [2.24, 2.45) is 0 Å². The highest BCUT2D eigenvalue weighted by atomic mass is 35.5. The van der Waals surface area contributed by atoms with Gasteiger partial charge >= 0.3 is 0 Å². The topological polar surface area (TPSA) is 12.0 Å². The Kier molecular flexibility index (Phi) is 2.56. The van der Waals surface area contributed by atoms with E-state index in [1.165, 1.54) is 24.0 Å². The quantitative estimate of drug-likeness (QED) is 0.782. The molecular weight excluding hydrogens is 182 g/mol. The summed E-state index contributed by atoms with van der Waals surface area (Å²) in [6, 6.07) is 6.85. The maximum absolute atomic E-state index is 5.87. The lowest BCUT2D eigenvalue weighted by Crippen LogP contribution is -2.15. The van der Waals surface area contributed by atoms with E-state index in [2.05, 4.69) is 18.3 Å². The van der Waals surface area contributed by atoms with Crippen LogP contribution in [0.1, 0.15) is 24.0 Å². The van der Waals surface area contributed by atoms with Gasteiger partial charge in [-0.05, 0) is 43.0 Å². The van der Waals surface area contributed by atoms with E-state index in [1.807, 2.05) is 12.1 Å². The highest BCUT2D eigenvalue weighted by Gasteiger charge is 2.20. The summed E-state index contributed by atoms with van der Waals surface area (Å²) in [6.07, 6.45) is 2.68. The predicted molar refractivity (Wildman–Crippen MR) is 56.1 cm³/mol. The summed E-state index contributed by atoms with van der Waals surface area (Å²) < 4.78 is 0. The Bertz CT molecular complexity index is 305. The molecule has 2 heteroatoms. The first kappa shape index (κ1) is 9.04. The zero-order valence-corrected chi connectivity index (χ0v) is 8.56. The summed E-state index contributed by atoms with van der Waals surface area (Å²) in [7, 11) is 0. The van der Waals surface area contributed by atoms with Crippen molar-refractivity contribution in [2.45, 2.75) is 32.4 Å². The van der Waals surface area contributed by atoms with E-state index in [1.54, 1.807) is 0 Å². The van der Waals surface area contributed by atoms with Crippen LogP contribution in [0.25, 0.3) is 0 Å². The van der Waals surface area contributed by atoms with Gasteiger partial charge in [-0.3, -0.25) is 0 Å². The van der Waals surface area contributed by atoms with Crippen LogP contribution in [-0.2, 0) is 6.54 Å². The summed E-state index contributed by atoms with van der Waals surface area (Å²) >= 11 is 5.87.